The number of hydrogen-bond acceptors (Lipinski definition) is 5. The van der Waals surface area contributed by atoms with Crippen LogP contribution in [0.4, 0.5) is 5.69 Å². The number of rotatable bonds is 5. The van der Waals surface area contributed by atoms with Gasteiger partial charge < -0.3 is 15.7 Å². The average molecular weight is 313 g/mol. The zero-order valence-corrected chi connectivity index (χ0v) is 12.6. The van der Waals surface area contributed by atoms with Gasteiger partial charge >= 0.3 is 0 Å². The van der Waals surface area contributed by atoms with Gasteiger partial charge in [-0.3, -0.25) is 4.72 Å². The minimum Gasteiger partial charge on any atom is -0.495 e. The number of amidine groups is 1. The van der Waals surface area contributed by atoms with Crippen molar-refractivity contribution >= 4 is 21.5 Å². The lowest BCUT2D eigenvalue weighted by atomic mass is 10.2. The van der Waals surface area contributed by atoms with E-state index in [0.29, 0.717) is 29.8 Å². The number of hydrogen-bond donors (Lipinski definition) is 3. The van der Waals surface area contributed by atoms with Crippen LogP contribution in [0.5, 0.6) is 5.75 Å². The van der Waals surface area contributed by atoms with Crippen molar-refractivity contribution in [3.05, 3.63) is 23.8 Å². The summed E-state index contributed by atoms with van der Waals surface area (Å²) in [6.45, 7) is 0. The van der Waals surface area contributed by atoms with Crippen molar-refractivity contribution < 1.29 is 18.4 Å². The van der Waals surface area contributed by atoms with E-state index < -0.39 is 10.0 Å². The molecule has 21 heavy (non-hydrogen) atoms. The molecular formula is C13H19N3O4S. The van der Waals surface area contributed by atoms with E-state index >= 15 is 0 Å². The molecule has 1 aromatic carbocycles. The first kappa shape index (κ1) is 15.4. The third-order valence-corrected chi connectivity index (χ3v) is 5.45. The SMILES string of the molecule is COc1cc(/C(N)=N/O)ccc1NS(=O)(=O)C1CCCC1. The molecule has 2 rings (SSSR count). The topological polar surface area (TPSA) is 114 Å². The van der Waals surface area contributed by atoms with E-state index in [4.69, 9.17) is 15.7 Å². The number of nitrogens with zero attached hydrogens (tertiary/aromatic N) is 1. The summed E-state index contributed by atoms with van der Waals surface area (Å²) in [5.41, 5.74) is 6.29. The number of anilines is 1. The van der Waals surface area contributed by atoms with Crippen molar-refractivity contribution in [3.8, 4) is 5.75 Å². The molecule has 0 radical (unpaired) electrons. The third kappa shape index (κ3) is 3.38. The zero-order valence-electron chi connectivity index (χ0n) is 11.7. The summed E-state index contributed by atoms with van der Waals surface area (Å²) in [5, 5.41) is 11.2. The lowest BCUT2D eigenvalue weighted by Crippen LogP contribution is -2.25. The Labute approximate surface area is 123 Å². The third-order valence-electron chi connectivity index (χ3n) is 3.60. The minimum atomic E-state index is -3.43. The van der Waals surface area contributed by atoms with E-state index in [1.807, 2.05) is 0 Å². The normalized spacial score (nSPS) is 16.9. The van der Waals surface area contributed by atoms with Crippen molar-refractivity contribution in [3.63, 3.8) is 0 Å². The molecule has 0 unspecified atom stereocenters. The van der Waals surface area contributed by atoms with Gasteiger partial charge in [0.15, 0.2) is 5.84 Å². The summed E-state index contributed by atoms with van der Waals surface area (Å²) in [7, 11) is -2.00. The Bertz CT molecular complexity index is 637. The van der Waals surface area contributed by atoms with Gasteiger partial charge in [0, 0.05) is 5.56 Å². The van der Waals surface area contributed by atoms with Gasteiger partial charge in [0.05, 0.1) is 18.0 Å². The van der Waals surface area contributed by atoms with Gasteiger partial charge in [-0.25, -0.2) is 8.42 Å². The molecule has 0 spiro atoms. The van der Waals surface area contributed by atoms with Crippen molar-refractivity contribution in [2.75, 3.05) is 11.8 Å². The van der Waals surface area contributed by atoms with Gasteiger partial charge in [-0.2, -0.15) is 0 Å². The molecule has 0 aromatic heterocycles. The van der Waals surface area contributed by atoms with Crippen LogP contribution in [0.3, 0.4) is 0 Å². The van der Waals surface area contributed by atoms with Gasteiger partial charge in [0.1, 0.15) is 5.75 Å². The predicted molar refractivity (Wildman–Crippen MR) is 80.3 cm³/mol. The maximum Gasteiger partial charge on any atom is 0.235 e. The molecule has 0 aliphatic heterocycles. The van der Waals surface area contributed by atoms with Gasteiger partial charge in [-0.1, -0.05) is 18.0 Å². The molecule has 0 heterocycles. The largest absolute Gasteiger partial charge is 0.495 e. The molecule has 4 N–H and O–H groups in total. The highest BCUT2D eigenvalue weighted by atomic mass is 32.2. The van der Waals surface area contributed by atoms with Gasteiger partial charge in [0.25, 0.3) is 0 Å². The Morgan fingerprint density at radius 3 is 2.67 bits per heavy atom. The fourth-order valence-corrected chi connectivity index (χ4v) is 4.02. The standard InChI is InChI=1S/C13H19N3O4S/c1-20-12-8-9(13(14)15-17)6-7-11(12)16-21(18,19)10-4-2-3-5-10/h6-8,10,16-17H,2-5H2,1H3,(H2,14,15). The fourth-order valence-electron chi connectivity index (χ4n) is 2.43. The fraction of sp³-hybridized carbons (Fsp3) is 0.462. The Morgan fingerprint density at radius 1 is 1.43 bits per heavy atom. The maximum atomic E-state index is 12.3. The van der Waals surface area contributed by atoms with Crippen molar-refractivity contribution in [2.24, 2.45) is 10.9 Å². The Balaban J connectivity index is 2.27. The summed E-state index contributed by atoms with van der Waals surface area (Å²) in [6, 6.07) is 4.62. The summed E-state index contributed by atoms with van der Waals surface area (Å²) in [5.74, 6) is 0.249. The van der Waals surface area contributed by atoms with E-state index in [0.717, 1.165) is 12.8 Å². The molecule has 1 aliphatic rings. The first-order chi connectivity index (χ1) is 9.97. The number of nitrogens with two attached hydrogens (primary N) is 1. The van der Waals surface area contributed by atoms with E-state index in [1.54, 1.807) is 12.1 Å². The Hall–Kier alpha value is -1.96. The molecule has 0 atom stereocenters. The first-order valence-electron chi connectivity index (χ1n) is 6.65. The number of nitrogens with one attached hydrogen (secondary N) is 1. The Kier molecular flexibility index (Phi) is 4.56. The minimum absolute atomic E-state index is 0.0708. The lowest BCUT2D eigenvalue weighted by Gasteiger charge is -2.16. The van der Waals surface area contributed by atoms with Crippen LogP contribution in [-0.2, 0) is 10.0 Å². The van der Waals surface area contributed by atoms with E-state index in [9.17, 15) is 8.42 Å². The average Bonchev–Trinajstić information content (AvgIpc) is 3.01. The van der Waals surface area contributed by atoms with Gasteiger partial charge in [0.2, 0.25) is 10.0 Å². The second kappa shape index (κ2) is 6.21. The number of sulfonamides is 1. The quantitative estimate of drug-likeness (QED) is 0.330. The van der Waals surface area contributed by atoms with Crippen molar-refractivity contribution in [1.29, 1.82) is 0 Å². The maximum absolute atomic E-state index is 12.3. The molecule has 0 amide bonds. The van der Waals surface area contributed by atoms with Crippen molar-refractivity contribution in [2.45, 2.75) is 30.9 Å². The van der Waals surface area contributed by atoms with Crippen LogP contribution in [0.15, 0.2) is 23.4 Å². The predicted octanol–water partition coefficient (Wildman–Crippen LogP) is 1.47. The monoisotopic (exact) mass is 313 g/mol. The van der Waals surface area contributed by atoms with Crippen LogP contribution in [-0.4, -0.2) is 31.8 Å². The van der Waals surface area contributed by atoms with Crippen LogP contribution in [0, 0.1) is 0 Å². The highest BCUT2D eigenvalue weighted by Gasteiger charge is 2.29. The molecular weight excluding hydrogens is 294 g/mol. The van der Waals surface area contributed by atoms with Crippen LogP contribution in [0.25, 0.3) is 0 Å². The molecule has 0 bridgehead atoms. The molecule has 1 aliphatic carbocycles. The molecule has 1 aromatic rings. The lowest BCUT2D eigenvalue weighted by molar-refractivity contribution is 0.318. The number of ether oxygens (including phenoxy) is 1. The number of methoxy groups -OCH3 is 1. The second-order valence-corrected chi connectivity index (χ2v) is 6.91. The highest BCUT2D eigenvalue weighted by molar-refractivity contribution is 7.93. The summed E-state index contributed by atoms with van der Waals surface area (Å²) < 4.78 is 32.3. The molecule has 8 heteroatoms. The van der Waals surface area contributed by atoms with E-state index in [-0.39, 0.29) is 11.1 Å². The summed E-state index contributed by atoms with van der Waals surface area (Å²) >= 11 is 0. The van der Waals surface area contributed by atoms with Crippen molar-refractivity contribution in [1.82, 2.24) is 0 Å². The van der Waals surface area contributed by atoms with Gasteiger partial charge in [-0.15, -0.1) is 0 Å². The summed E-state index contributed by atoms with van der Waals surface area (Å²) in [4.78, 5) is 0. The van der Waals surface area contributed by atoms with Crippen LogP contribution in [0.1, 0.15) is 31.2 Å². The molecule has 1 fully saturated rings. The summed E-state index contributed by atoms with van der Waals surface area (Å²) in [6.07, 6.45) is 3.23. The van der Waals surface area contributed by atoms with Crippen LogP contribution in [0.2, 0.25) is 0 Å². The molecule has 1 saturated carbocycles. The molecule has 0 saturated heterocycles. The highest BCUT2D eigenvalue weighted by Crippen LogP contribution is 2.30. The zero-order chi connectivity index (χ0) is 15.5. The van der Waals surface area contributed by atoms with E-state index in [1.165, 1.54) is 13.2 Å². The Morgan fingerprint density at radius 2 is 2.10 bits per heavy atom. The smallest absolute Gasteiger partial charge is 0.235 e. The molecule has 7 nitrogen and oxygen atoms in total. The second-order valence-electron chi connectivity index (χ2n) is 4.95. The number of benzene rings is 1. The first-order valence-corrected chi connectivity index (χ1v) is 8.20. The number of oxime groups is 1. The van der Waals surface area contributed by atoms with E-state index in [2.05, 4.69) is 9.88 Å². The van der Waals surface area contributed by atoms with Crippen LogP contribution < -0.4 is 15.2 Å². The molecule has 116 valence electrons. The van der Waals surface area contributed by atoms with Crippen LogP contribution >= 0.6 is 0 Å². The van der Waals surface area contributed by atoms with Gasteiger partial charge in [-0.05, 0) is 31.0 Å².